The van der Waals surface area contributed by atoms with Crippen molar-refractivity contribution >= 4 is 11.8 Å². The van der Waals surface area contributed by atoms with Gasteiger partial charge in [0.25, 0.3) is 5.91 Å². The van der Waals surface area contributed by atoms with Gasteiger partial charge in [-0.05, 0) is 29.2 Å². The second kappa shape index (κ2) is 8.67. The number of carbonyl (C=O) groups excluding carboxylic acids is 2. The molecule has 1 unspecified atom stereocenters. The molecular weight excluding hydrogens is 386 g/mol. The number of hydrogen-bond donors (Lipinski definition) is 1. The SMILES string of the molecule is C=CCN1C(=O)C(C(C)C)NC12CCN(C(=O)c1ccc(-c3ccccc3)cc1)CC2. The summed E-state index contributed by atoms with van der Waals surface area (Å²) in [6.07, 6.45) is 3.24. The van der Waals surface area contributed by atoms with E-state index in [1.165, 1.54) is 0 Å². The molecule has 2 aliphatic rings. The summed E-state index contributed by atoms with van der Waals surface area (Å²) in [4.78, 5) is 29.9. The van der Waals surface area contributed by atoms with Gasteiger partial charge in [-0.25, -0.2) is 0 Å². The van der Waals surface area contributed by atoms with Gasteiger partial charge in [0.1, 0.15) is 0 Å². The molecule has 2 fully saturated rings. The zero-order chi connectivity index (χ0) is 22.0. The Morgan fingerprint density at radius 2 is 1.71 bits per heavy atom. The van der Waals surface area contributed by atoms with E-state index in [-0.39, 0.29) is 29.4 Å². The first-order chi connectivity index (χ1) is 14.9. The van der Waals surface area contributed by atoms with E-state index in [0.717, 1.165) is 24.0 Å². The van der Waals surface area contributed by atoms with Crippen molar-refractivity contribution in [3.05, 3.63) is 72.8 Å². The molecule has 1 spiro atoms. The third kappa shape index (κ3) is 4.02. The van der Waals surface area contributed by atoms with Crippen molar-refractivity contribution in [3.8, 4) is 11.1 Å². The Bertz CT molecular complexity index is 944. The zero-order valence-electron chi connectivity index (χ0n) is 18.4. The molecule has 2 aromatic rings. The number of nitrogens with one attached hydrogen (secondary N) is 1. The molecule has 5 nitrogen and oxygen atoms in total. The number of benzene rings is 2. The molecule has 0 aliphatic carbocycles. The Morgan fingerprint density at radius 1 is 1.10 bits per heavy atom. The van der Waals surface area contributed by atoms with Gasteiger partial charge in [0.2, 0.25) is 5.91 Å². The molecule has 0 saturated carbocycles. The van der Waals surface area contributed by atoms with Crippen LogP contribution < -0.4 is 5.32 Å². The first-order valence-corrected chi connectivity index (χ1v) is 11.1. The number of hydrogen-bond acceptors (Lipinski definition) is 3. The van der Waals surface area contributed by atoms with Crippen LogP contribution in [0.1, 0.15) is 37.0 Å². The van der Waals surface area contributed by atoms with Crippen LogP contribution in [-0.2, 0) is 4.79 Å². The van der Waals surface area contributed by atoms with Crippen molar-refractivity contribution < 1.29 is 9.59 Å². The number of piperidine rings is 1. The van der Waals surface area contributed by atoms with E-state index in [1.807, 2.05) is 52.3 Å². The number of amides is 2. The lowest BCUT2D eigenvalue weighted by atomic mass is 9.94. The van der Waals surface area contributed by atoms with Gasteiger partial charge in [-0.2, -0.15) is 0 Å². The summed E-state index contributed by atoms with van der Waals surface area (Å²) >= 11 is 0. The molecule has 5 heteroatoms. The van der Waals surface area contributed by atoms with Gasteiger partial charge in [-0.15, -0.1) is 6.58 Å². The lowest BCUT2D eigenvalue weighted by molar-refractivity contribution is -0.133. The van der Waals surface area contributed by atoms with Crippen LogP contribution in [0.15, 0.2) is 67.3 Å². The minimum Gasteiger partial charge on any atom is -0.338 e. The van der Waals surface area contributed by atoms with E-state index >= 15 is 0 Å². The first kappa shape index (κ1) is 21.3. The quantitative estimate of drug-likeness (QED) is 0.750. The molecule has 1 N–H and O–H groups in total. The number of rotatable bonds is 5. The minimum absolute atomic E-state index is 0.0504. The predicted octanol–water partition coefficient (Wildman–Crippen LogP) is 3.93. The summed E-state index contributed by atoms with van der Waals surface area (Å²) in [7, 11) is 0. The fraction of sp³-hybridized carbons (Fsp3) is 0.385. The average molecular weight is 418 g/mol. The molecule has 162 valence electrons. The molecule has 1 atom stereocenters. The predicted molar refractivity (Wildman–Crippen MR) is 123 cm³/mol. The minimum atomic E-state index is -0.381. The second-order valence-electron chi connectivity index (χ2n) is 8.87. The Balaban J connectivity index is 1.45. The lowest BCUT2D eigenvalue weighted by Crippen LogP contribution is -2.59. The fourth-order valence-electron chi connectivity index (χ4n) is 4.77. The molecule has 2 aliphatic heterocycles. The van der Waals surface area contributed by atoms with Crippen molar-refractivity contribution in [2.24, 2.45) is 5.92 Å². The van der Waals surface area contributed by atoms with E-state index in [9.17, 15) is 9.59 Å². The van der Waals surface area contributed by atoms with Gasteiger partial charge < -0.3 is 9.80 Å². The van der Waals surface area contributed by atoms with E-state index in [2.05, 4.69) is 37.9 Å². The Morgan fingerprint density at radius 3 is 2.29 bits per heavy atom. The monoisotopic (exact) mass is 417 g/mol. The lowest BCUT2D eigenvalue weighted by Gasteiger charge is -2.44. The van der Waals surface area contributed by atoms with E-state index < -0.39 is 0 Å². The van der Waals surface area contributed by atoms with Crippen molar-refractivity contribution in [1.82, 2.24) is 15.1 Å². The number of nitrogens with zero attached hydrogens (tertiary/aromatic N) is 2. The summed E-state index contributed by atoms with van der Waals surface area (Å²) in [6.45, 7) is 9.75. The molecular formula is C26H31N3O2. The number of likely N-dealkylation sites (tertiary alicyclic amines) is 1. The van der Waals surface area contributed by atoms with Crippen LogP contribution in [0, 0.1) is 5.92 Å². The van der Waals surface area contributed by atoms with Crippen LogP contribution >= 0.6 is 0 Å². The second-order valence-corrected chi connectivity index (χ2v) is 8.87. The largest absolute Gasteiger partial charge is 0.338 e. The van der Waals surface area contributed by atoms with Crippen LogP contribution in [0.5, 0.6) is 0 Å². The molecule has 2 amide bonds. The number of carbonyl (C=O) groups is 2. The maximum absolute atomic E-state index is 13.1. The Labute approximate surface area is 184 Å². The van der Waals surface area contributed by atoms with Gasteiger partial charge >= 0.3 is 0 Å². The normalized spacial score (nSPS) is 20.5. The van der Waals surface area contributed by atoms with Crippen LogP contribution in [0.25, 0.3) is 11.1 Å². The van der Waals surface area contributed by atoms with Crippen molar-refractivity contribution in [1.29, 1.82) is 0 Å². The third-order valence-electron chi connectivity index (χ3n) is 6.57. The maximum Gasteiger partial charge on any atom is 0.253 e. The highest BCUT2D eigenvalue weighted by atomic mass is 16.2. The van der Waals surface area contributed by atoms with Crippen molar-refractivity contribution in [3.63, 3.8) is 0 Å². The van der Waals surface area contributed by atoms with E-state index in [0.29, 0.717) is 25.2 Å². The highest BCUT2D eigenvalue weighted by Crippen LogP contribution is 2.34. The smallest absolute Gasteiger partial charge is 0.253 e. The average Bonchev–Trinajstić information content (AvgIpc) is 3.07. The maximum atomic E-state index is 13.1. The summed E-state index contributed by atoms with van der Waals surface area (Å²) in [5.74, 6) is 0.419. The summed E-state index contributed by atoms with van der Waals surface area (Å²) in [6, 6.07) is 17.8. The zero-order valence-corrected chi connectivity index (χ0v) is 18.4. The molecule has 0 radical (unpaired) electrons. The summed E-state index contributed by atoms with van der Waals surface area (Å²) in [5, 5.41) is 3.61. The molecule has 4 rings (SSSR count). The molecule has 2 heterocycles. The van der Waals surface area contributed by atoms with Gasteiger partial charge in [-0.1, -0.05) is 62.4 Å². The summed E-state index contributed by atoms with van der Waals surface area (Å²) in [5.41, 5.74) is 2.56. The van der Waals surface area contributed by atoms with Gasteiger partial charge in [-0.3, -0.25) is 14.9 Å². The topological polar surface area (TPSA) is 52.7 Å². The molecule has 0 aromatic heterocycles. The van der Waals surface area contributed by atoms with Crippen LogP contribution in [0.4, 0.5) is 0 Å². The molecule has 2 saturated heterocycles. The van der Waals surface area contributed by atoms with E-state index in [4.69, 9.17) is 0 Å². The summed E-state index contributed by atoms with van der Waals surface area (Å²) < 4.78 is 0. The highest BCUT2D eigenvalue weighted by Gasteiger charge is 2.52. The van der Waals surface area contributed by atoms with Gasteiger partial charge in [0.15, 0.2) is 0 Å². The standard InChI is InChI=1S/C26H31N3O2/c1-4-16-29-25(31)23(19(2)3)27-26(29)14-17-28(18-15-26)24(30)22-12-10-21(11-13-22)20-8-6-5-7-9-20/h4-13,19,23,27H,1,14-18H2,2-3H3. The highest BCUT2D eigenvalue weighted by molar-refractivity contribution is 5.95. The van der Waals surface area contributed by atoms with Crippen molar-refractivity contribution in [2.45, 2.75) is 38.4 Å². The first-order valence-electron chi connectivity index (χ1n) is 11.1. The molecule has 0 bridgehead atoms. The fourth-order valence-corrected chi connectivity index (χ4v) is 4.77. The Hall–Kier alpha value is -2.92. The third-order valence-corrected chi connectivity index (χ3v) is 6.57. The van der Waals surface area contributed by atoms with Crippen LogP contribution in [0.2, 0.25) is 0 Å². The molecule has 2 aromatic carbocycles. The van der Waals surface area contributed by atoms with Gasteiger partial charge in [0, 0.05) is 38.0 Å². The Kier molecular flexibility index (Phi) is 5.96. The van der Waals surface area contributed by atoms with Crippen LogP contribution in [-0.4, -0.2) is 53.0 Å². The molecule has 31 heavy (non-hydrogen) atoms. The van der Waals surface area contributed by atoms with Crippen molar-refractivity contribution in [2.75, 3.05) is 19.6 Å². The van der Waals surface area contributed by atoms with Crippen LogP contribution in [0.3, 0.4) is 0 Å². The van der Waals surface area contributed by atoms with Gasteiger partial charge in [0.05, 0.1) is 11.7 Å². The van der Waals surface area contributed by atoms with E-state index in [1.54, 1.807) is 6.08 Å².